The van der Waals surface area contributed by atoms with E-state index < -0.39 is 11.7 Å². The summed E-state index contributed by atoms with van der Waals surface area (Å²) in [5.74, 6) is -0.269. The van der Waals surface area contributed by atoms with Crippen molar-refractivity contribution in [2.24, 2.45) is 5.92 Å². The lowest BCUT2D eigenvalue weighted by molar-refractivity contribution is -0.122. The zero-order valence-corrected chi connectivity index (χ0v) is 17.9. The minimum Gasteiger partial charge on any atom is -0.388 e. The van der Waals surface area contributed by atoms with Crippen molar-refractivity contribution in [3.63, 3.8) is 0 Å². The summed E-state index contributed by atoms with van der Waals surface area (Å²) >= 11 is 0. The first-order valence-electron chi connectivity index (χ1n) is 11.0. The maximum atomic E-state index is 11.7. The van der Waals surface area contributed by atoms with Crippen molar-refractivity contribution in [1.29, 1.82) is 0 Å². The minimum absolute atomic E-state index is 0.269. The molecule has 3 unspecified atom stereocenters. The molecule has 29 heavy (non-hydrogen) atoms. The van der Waals surface area contributed by atoms with Crippen LogP contribution in [0.2, 0.25) is 0 Å². The second kappa shape index (κ2) is 10.4. The first-order valence-corrected chi connectivity index (χ1v) is 11.0. The molecule has 1 fully saturated rings. The number of rotatable bonds is 9. The van der Waals surface area contributed by atoms with Gasteiger partial charge in [0.25, 0.3) is 0 Å². The summed E-state index contributed by atoms with van der Waals surface area (Å²) in [6.45, 7) is 10.2. The molecule has 2 aromatic rings. The third-order valence-corrected chi connectivity index (χ3v) is 6.52. The molecule has 3 rings (SSSR count). The van der Waals surface area contributed by atoms with Crippen LogP contribution in [0.4, 0.5) is 0 Å². The van der Waals surface area contributed by atoms with E-state index in [1.165, 1.54) is 0 Å². The highest BCUT2D eigenvalue weighted by Crippen LogP contribution is 2.43. The van der Waals surface area contributed by atoms with Crippen molar-refractivity contribution in [2.45, 2.75) is 38.4 Å². The van der Waals surface area contributed by atoms with Gasteiger partial charge in [-0.05, 0) is 50.1 Å². The third-order valence-electron chi connectivity index (χ3n) is 6.52. The molecule has 4 nitrogen and oxygen atoms in total. The Morgan fingerprint density at radius 1 is 1.03 bits per heavy atom. The van der Waals surface area contributed by atoms with E-state index in [9.17, 15) is 10.2 Å². The summed E-state index contributed by atoms with van der Waals surface area (Å²) in [5, 5.41) is 23.0. The Balaban J connectivity index is 1.77. The molecule has 0 spiro atoms. The minimum atomic E-state index is -1.02. The molecule has 2 N–H and O–H groups in total. The molecule has 0 amide bonds. The summed E-state index contributed by atoms with van der Waals surface area (Å²) in [6, 6.07) is 19.6. The van der Waals surface area contributed by atoms with Crippen LogP contribution in [0.15, 0.2) is 60.7 Å². The van der Waals surface area contributed by atoms with Crippen LogP contribution in [0.5, 0.6) is 0 Å². The summed E-state index contributed by atoms with van der Waals surface area (Å²) in [6.07, 6.45) is 1.04. The van der Waals surface area contributed by atoms with E-state index in [1.807, 2.05) is 60.7 Å². The van der Waals surface area contributed by atoms with Gasteiger partial charge in [-0.3, -0.25) is 0 Å². The second-order valence-electron chi connectivity index (χ2n) is 8.18. The van der Waals surface area contributed by atoms with Crippen molar-refractivity contribution < 1.29 is 10.2 Å². The number of hydrogen-bond donors (Lipinski definition) is 2. The molecular formula is C25H36N2O2. The number of likely N-dealkylation sites (tertiary alicyclic amines) is 1. The van der Waals surface area contributed by atoms with Crippen molar-refractivity contribution in [3.8, 4) is 0 Å². The molecule has 0 aliphatic carbocycles. The van der Waals surface area contributed by atoms with Crippen molar-refractivity contribution in [1.82, 2.24) is 9.80 Å². The molecule has 1 saturated heterocycles. The van der Waals surface area contributed by atoms with E-state index in [1.54, 1.807) is 0 Å². The van der Waals surface area contributed by atoms with Crippen molar-refractivity contribution >= 4 is 0 Å². The predicted molar refractivity (Wildman–Crippen MR) is 119 cm³/mol. The number of benzene rings is 2. The first kappa shape index (κ1) is 22.0. The SMILES string of the molecule is CCN(CC)CCCN1CCC(O)(c2ccccc2)C(C(O)c2ccccc2)C1. The fourth-order valence-corrected chi connectivity index (χ4v) is 4.62. The molecule has 1 aliphatic heterocycles. The Hall–Kier alpha value is -1.72. The fourth-order valence-electron chi connectivity index (χ4n) is 4.62. The lowest BCUT2D eigenvalue weighted by Crippen LogP contribution is -2.52. The van der Waals surface area contributed by atoms with Crippen molar-refractivity contribution in [3.05, 3.63) is 71.8 Å². The smallest absolute Gasteiger partial charge is 0.0977 e. The Bertz CT molecular complexity index is 720. The van der Waals surface area contributed by atoms with E-state index in [4.69, 9.17) is 0 Å². The molecule has 2 aromatic carbocycles. The van der Waals surface area contributed by atoms with Gasteiger partial charge in [0.05, 0.1) is 11.7 Å². The first-order chi connectivity index (χ1) is 14.1. The van der Waals surface area contributed by atoms with Crippen LogP contribution in [-0.4, -0.2) is 59.3 Å². The standard InChI is InChI=1S/C25H36N2O2/c1-3-26(4-2)17-11-18-27-19-16-25(29,22-14-9-6-10-15-22)23(20-27)24(28)21-12-7-5-8-13-21/h5-10,12-15,23-24,28-29H,3-4,11,16-20H2,1-2H3. The fraction of sp³-hybridized carbons (Fsp3) is 0.520. The van der Waals surface area contributed by atoms with Gasteiger partial charge in [0.2, 0.25) is 0 Å². The average molecular weight is 397 g/mol. The Morgan fingerprint density at radius 2 is 1.66 bits per heavy atom. The molecule has 0 radical (unpaired) electrons. The quantitative estimate of drug-likeness (QED) is 0.679. The maximum absolute atomic E-state index is 11.7. The molecule has 4 heteroatoms. The summed E-state index contributed by atoms with van der Waals surface area (Å²) in [5.41, 5.74) is 0.755. The van der Waals surface area contributed by atoms with E-state index in [2.05, 4.69) is 23.6 Å². The molecular weight excluding hydrogens is 360 g/mol. The zero-order valence-electron chi connectivity index (χ0n) is 17.9. The number of piperidine rings is 1. The highest BCUT2D eigenvalue weighted by atomic mass is 16.3. The highest BCUT2D eigenvalue weighted by Gasteiger charge is 2.46. The Morgan fingerprint density at radius 3 is 2.28 bits per heavy atom. The van der Waals surface area contributed by atoms with Crippen LogP contribution < -0.4 is 0 Å². The van der Waals surface area contributed by atoms with Crippen LogP contribution in [0.3, 0.4) is 0 Å². The van der Waals surface area contributed by atoms with Gasteiger partial charge in [-0.15, -0.1) is 0 Å². The van der Waals surface area contributed by atoms with Crippen LogP contribution in [0.1, 0.15) is 43.9 Å². The number of aliphatic hydroxyl groups is 2. The summed E-state index contributed by atoms with van der Waals surface area (Å²) in [4.78, 5) is 4.86. The van der Waals surface area contributed by atoms with Gasteiger partial charge in [0.15, 0.2) is 0 Å². The maximum Gasteiger partial charge on any atom is 0.0977 e. The predicted octanol–water partition coefficient (Wildman–Crippen LogP) is 3.66. The normalized spacial score (nSPS) is 24.0. The number of nitrogens with zero attached hydrogens (tertiary/aromatic N) is 2. The topological polar surface area (TPSA) is 46.9 Å². The van der Waals surface area contributed by atoms with Gasteiger partial charge < -0.3 is 20.0 Å². The van der Waals surface area contributed by atoms with Crippen LogP contribution in [0, 0.1) is 5.92 Å². The molecule has 0 aromatic heterocycles. The lowest BCUT2D eigenvalue weighted by Gasteiger charge is -2.47. The van der Waals surface area contributed by atoms with E-state index in [-0.39, 0.29) is 5.92 Å². The Kier molecular flexibility index (Phi) is 7.84. The largest absolute Gasteiger partial charge is 0.388 e. The van der Waals surface area contributed by atoms with E-state index in [0.29, 0.717) is 13.0 Å². The summed E-state index contributed by atoms with van der Waals surface area (Å²) in [7, 11) is 0. The van der Waals surface area contributed by atoms with Crippen molar-refractivity contribution in [2.75, 3.05) is 39.3 Å². The molecule has 0 saturated carbocycles. The molecule has 3 atom stereocenters. The number of hydrogen-bond acceptors (Lipinski definition) is 4. The van der Waals surface area contributed by atoms with Gasteiger partial charge in [0, 0.05) is 19.0 Å². The molecule has 1 heterocycles. The number of aliphatic hydroxyl groups excluding tert-OH is 1. The van der Waals surface area contributed by atoms with Gasteiger partial charge >= 0.3 is 0 Å². The Labute approximate surface area is 175 Å². The van der Waals surface area contributed by atoms with Gasteiger partial charge in [-0.25, -0.2) is 0 Å². The third kappa shape index (κ3) is 5.26. The van der Waals surface area contributed by atoms with E-state index in [0.717, 1.165) is 50.3 Å². The van der Waals surface area contributed by atoms with Gasteiger partial charge in [-0.1, -0.05) is 74.5 Å². The zero-order chi connectivity index (χ0) is 20.7. The molecule has 1 aliphatic rings. The van der Waals surface area contributed by atoms with E-state index >= 15 is 0 Å². The second-order valence-corrected chi connectivity index (χ2v) is 8.18. The highest BCUT2D eigenvalue weighted by molar-refractivity contribution is 5.27. The summed E-state index contributed by atoms with van der Waals surface area (Å²) < 4.78 is 0. The average Bonchev–Trinajstić information content (AvgIpc) is 2.78. The van der Waals surface area contributed by atoms with Crippen LogP contribution in [0.25, 0.3) is 0 Å². The molecule has 0 bridgehead atoms. The molecule has 158 valence electrons. The van der Waals surface area contributed by atoms with Gasteiger partial charge in [-0.2, -0.15) is 0 Å². The van der Waals surface area contributed by atoms with Crippen LogP contribution in [-0.2, 0) is 5.60 Å². The van der Waals surface area contributed by atoms with Crippen LogP contribution >= 0.6 is 0 Å². The monoisotopic (exact) mass is 396 g/mol. The lowest BCUT2D eigenvalue weighted by atomic mass is 9.72. The van der Waals surface area contributed by atoms with Gasteiger partial charge in [0.1, 0.15) is 0 Å².